The summed E-state index contributed by atoms with van der Waals surface area (Å²) in [5.74, 6) is 0.726. The summed E-state index contributed by atoms with van der Waals surface area (Å²) in [5, 5.41) is 8.64. The van der Waals surface area contributed by atoms with E-state index < -0.39 is 0 Å². The summed E-state index contributed by atoms with van der Waals surface area (Å²) in [4.78, 5) is 0. The fourth-order valence-corrected chi connectivity index (χ4v) is 1.37. The van der Waals surface area contributed by atoms with Crippen LogP contribution in [0, 0.1) is 11.3 Å². The second-order valence-electron chi connectivity index (χ2n) is 2.38. The summed E-state index contributed by atoms with van der Waals surface area (Å²) in [7, 11) is 0. The van der Waals surface area contributed by atoms with Crippen LogP contribution in [0.5, 0.6) is 0 Å². The van der Waals surface area contributed by atoms with Gasteiger partial charge in [0.2, 0.25) is 0 Å². The van der Waals surface area contributed by atoms with E-state index in [1.165, 1.54) is 4.42 Å². The van der Waals surface area contributed by atoms with Gasteiger partial charge in [0.05, 0.1) is 0 Å². The number of nitrogens with zero attached hydrogens (tertiary/aromatic N) is 2. The third-order valence-corrected chi connectivity index (χ3v) is 2.06. The Hall–Kier alpha value is -1.40. The number of ether oxygens (including phenoxy) is 1. The Bertz CT molecular complexity index is 349. The van der Waals surface area contributed by atoms with E-state index in [1.807, 2.05) is 12.1 Å². The molecule has 4 heteroatoms. The highest BCUT2D eigenvalue weighted by molar-refractivity contribution is 6.16. The smallest absolute Gasteiger partial charge is 0.144 e. The Kier molecular flexibility index (Phi) is 1.56. The Labute approximate surface area is 74.9 Å². The topological polar surface area (TPSA) is 36.3 Å². The number of halogens is 1. The monoisotopic (exact) mass is 180 g/mol. The van der Waals surface area contributed by atoms with E-state index in [1.54, 1.807) is 12.2 Å². The molecular formula is C8H5ClN2O. The summed E-state index contributed by atoms with van der Waals surface area (Å²) in [5.41, 5.74) is 1.17. The lowest BCUT2D eigenvalue weighted by Crippen LogP contribution is -2.13. The highest BCUT2D eigenvalue weighted by Crippen LogP contribution is 2.30. The maximum Gasteiger partial charge on any atom is 0.144 e. The summed E-state index contributed by atoms with van der Waals surface area (Å²) in [6.07, 6.45) is 5.21. The van der Waals surface area contributed by atoms with Crippen molar-refractivity contribution in [2.24, 2.45) is 0 Å². The minimum Gasteiger partial charge on any atom is -0.487 e. The van der Waals surface area contributed by atoms with Crippen LogP contribution in [0.25, 0.3) is 0 Å². The number of nitriles is 1. The average molecular weight is 181 g/mol. The van der Waals surface area contributed by atoms with E-state index in [2.05, 4.69) is 0 Å². The van der Waals surface area contributed by atoms with Crippen molar-refractivity contribution < 1.29 is 4.74 Å². The second kappa shape index (κ2) is 2.58. The summed E-state index contributed by atoms with van der Waals surface area (Å²) in [6.45, 7) is 0.525. The molecule has 0 N–H and O–H groups in total. The molecule has 0 aromatic carbocycles. The van der Waals surface area contributed by atoms with Crippen LogP contribution in [0.3, 0.4) is 0 Å². The normalized spacial score (nSPS) is 20.0. The van der Waals surface area contributed by atoms with Crippen LogP contribution in [0.1, 0.15) is 0 Å². The largest absolute Gasteiger partial charge is 0.487 e. The molecule has 2 aliphatic heterocycles. The number of hydrogen-bond acceptors (Lipinski definition) is 3. The van der Waals surface area contributed by atoms with Crippen molar-refractivity contribution in [3.05, 3.63) is 35.4 Å². The van der Waals surface area contributed by atoms with Gasteiger partial charge in [-0.05, 0) is 18.2 Å². The molecule has 0 fully saturated rings. The molecule has 3 nitrogen and oxygen atoms in total. The first-order chi connectivity index (χ1) is 5.83. The number of allylic oxidation sites excluding steroid dienone is 3. The number of rotatable bonds is 0. The standard InChI is InChI=1S/C8H5ClN2O/c9-11-6(5-10)1-2-8-7(11)3-4-12-8/h1-3H,4H2. The van der Waals surface area contributed by atoms with Gasteiger partial charge in [-0.25, -0.2) is 4.42 Å². The molecule has 12 heavy (non-hydrogen) atoms. The Morgan fingerprint density at radius 1 is 1.58 bits per heavy atom. The van der Waals surface area contributed by atoms with Gasteiger partial charge < -0.3 is 4.74 Å². The molecular weight excluding hydrogens is 176 g/mol. The summed E-state index contributed by atoms with van der Waals surface area (Å²) >= 11 is 5.84. The average Bonchev–Trinajstić information content (AvgIpc) is 2.53. The van der Waals surface area contributed by atoms with Crippen LogP contribution in [-0.4, -0.2) is 11.0 Å². The molecule has 2 rings (SSSR count). The fourth-order valence-electron chi connectivity index (χ4n) is 1.13. The van der Waals surface area contributed by atoms with Gasteiger partial charge in [0.15, 0.2) is 0 Å². The Morgan fingerprint density at radius 3 is 3.17 bits per heavy atom. The number of hydrogen-bond donors (Lipinski definition) is 0. The van der Waals surface area contributed by atoms with Crippen molar-refractivity contribution in [2.75, 3.05) is 6.61 Å². The van der Waals surface area contributed by atoms with E-state index in [9.17, 15) is 0 Å². The predicted molar refractivity (Wildman–Crippen MR) is 43.5 cm³/mol. The minimum atomic E-state index is 0.414. The molecule has 0 bridgehead atoms. The van der Waals surface area contributed by atoms with Crippen LogP contribution >= 0.6 is 11.8 Å². The molecule has 0 aromatic heterocycles. The zero-order valence-electron chi connectivity index (χ0n) is 6.12. The van der Waals surface area contributed by atoms with Crippen molar-refractivity contribution in [2.45, 2.75) is 0 Å². The van der Waals surface area contributed by atoms with Gasteiger partial charge in [0.1, 0.15) is 29.8 Å². The van der Waals surface area contributed by atoms with E-state index in [0.717, 1.165) is 11.5 Å². The molecule has 0 unspecified atom stereocenters. The first kappa shape index (κ1) is 7.26. The van der Waals surface area contributed by atoms with Gasteiger partial charge in [-0.3, -0.25) is 0 Å². The fraction of sp³-hybridized carbons (Fsp3) is 0.125. The Balaban J connectivity index is 2.43. The first-order valence-corrected chi connectivity index (χ1v) is 3.78. The lowest BCUT2D eigenvalue weighted by atomic mass is 10.2. The molecule has 60 valence electrons. The van der Waals surface area contributed by atoms with E-state index >= 15 is 0 Å². The third kappa shape index (κ3) is 0.892. The SMILES string of the molecule is N#CC1=CC=C2OCC=C2N1Cl. The maximum absolute atomic E-state index is 8.64. The quantitative estimate of drug-likeness (QED) is 0.532. The van der Waals surface area contributed by atoms with E-state index in [0.29, 0.717) is 12.3 Å². The second-order valence-corrected chi connectivity index (χ2v) is 2.71. The van der Waals surface area contributed by atoms with Crippen LogP contribution in [0.2, 0.25) is 0 Å². The lowest BCUT2D eigenvalue weighted by molar-refractivity contribution is 0.270. The van der Waals surface area contributed by atoms with Crippen molar-refractivity contribution in [1.82, 2.24) is 4.42 Å². The van der Waals surface area contributed by atoms with Gasteiger partial charge in [0.25, 0.3) is 0 Å². The molecule has 0 spiro atoms. The van der Waals surface area contributed by atoms with E-state index in [4.69, 9.17) is 21.8 Å². The van der Waals surface area contributed by atoms with Crippen molar-refractivity contribution >= 4 is 11.8 Å². The van der Waals surface area contributed by atoms with Crippen LogP contribution in [-0.2, 0) is 4.74 Å². The highest BCUT2D eigenvalue weighted by Gasteiger charge is 2.24. The van der Waals surface area contributed by atoms with Gasteiger partial charge in [-0.1, -0.05) is 0 Å². The van der Waals surface area contributed by atoms with Crippen LogP contribution < -0.4 is 0 Å². The van der Waals surface area contributed by atoms with Gasteiger partial charge in [-0.15, -0.1) is 0 Å². The summed E-state index contributed by atoms with van der Waals surface area (Å²) < 4.78 is 6.52. The molecule has 0 atom stereocenters. The van der Waals surface area contributed by atoms with Gasteiger partial charge in [0, 0.05) is 11.8 Å². The molecule has 2 aliphatic rings. The van der Waals surface area contributed by atoms with Crippen molar-refractivity contribution in [3.63, 3.8) is 0 Å². The third-order valence-electron chi connectivity index (χ3n) is 1.70. The Morgan fingerprint density at radius 2 is 2.42 bits per heavy atom. The van der Waals surface area contributed by atoms with Gasteiger partial charge >= 0.3 is 0 Å². The van der Waals surface area contributed by atoms with E-state index in [-0.39, 0.29) is 0 Å². The molecule has 0 amide bonds. The highest BCUT2D eigenvalue weighted by atomic mass is 35.5. The predicted octanol–water partition coefficient (Wildman–Crippen LogP) is 1.66. The maximum atomic E-state index is 8.64. The van der Waals surface area contributed by atoms with Crippen LogP contribution in [0.4, 0.5) is 0 Å². The van der Waals surface area contributed by atoms with Gasteiger partial charge in [-0.2, -0.15) is 5.26 Å². The minimum absolute atomic E-state index is 0.414. The molecule has 0 saturated carbocycles. The molecule has 0 aromatic rings. The lowest BCUT2D eigenvalue weighted by Gasteiger charge is -2.18. The van der Waals surface area contributed by atoms with Crippen molar-refractivity contribution in [3.8, 4) is 6.07 Å². The molecule has 0 saturated heterocycles. The molecule has 2 heterocycles. The zero-order chi connectivity index (χ0) is 8.55. The van der Waals surface area contributed by atoms with Crippen molar-refractivity contribution in [1.29, 1.82) is 5.26 Å². The zero-order valence-corrected chi connectivity index (χ0v) is 6.88. The van der Waals surface area contributed by atoms with Crippen LogP contribution in [0.15, 0.2) is 35.4 Å². The number of fused-ring (bicyclic) bond motifs is 1. The summed E-state index contributed by atoms with van der Waals surface area (Å²) in [6, 6.07) is 1.98. The molecule has 0 radical (unpaired) electrons. The first-order valence-electron chi connectivity index (χ1n) is 3.44. The molecule has 0 aliphatic carbocycles.